The van der Waals surface area contributed by atoms with Crippen molar-refractivity contribution in [3.63, 3.8) is 0 Å². The van der Waals surface area contributed by atoms with Gasteiger partial charge in [0.15, 0.2) is 0 Å². The van der Waals surface area contributed by atoms with Crippen LogP contribution in [0.5, 0.6) is 5.75 Å². The van der Waals surface area contributed by atoms with Gasteiger partial charge in [-0.3, -0.25) is 4.79 Å². The van der Waals surface area contributed by atoms with Crippen LogP contribution in [0.1, 0.15) is 21.5 Å². The van der Waals surface area contributed by atoms with Gasteiger partial charge in [-0.1, -0.05) is 18.2 Å². The third-order valence-electron chi connectivity index (χ3n) is 4.26. The molecule has 0 saturated heterocycles. The van der Waals surface area contributed by atoms with Gasteiger partial charge in [0.1, 0.15) is 11.3 Å². The van der Waals surface area contributed by atoms with E-state index in [0.717, 1.165) is 0 Å². The number of carboxylic acid groups (broad SMARTS) is 1. The van der Waals surface area contributed by atoms with Gasteiger partial charge in [-0.2, -0.15) is 0 Å². The summed E-state index contributed by atoms with van der Waals surface area (Å²) >= 11 is 0. The number of nitrogens with zero attached hydrogens (tertiary/aromatic N) is 1. The summed E-state index contributed by atoms with van der Waals surface area (Å²) in [7, 11) is 0. The molecule has 0 aliphatic heterocycles. The maximum Gasteiger partial charge on any atom is 0.573 e. The Morgan fingerprint density at radius 3 is 2.48 bits per heavy atom. The Morgan fingerprint density at radius 1 is 1.10 bits per heavy atom. The number of ether oxygens (including phenoxy) is 1. The predicted molar refractivity (Wildman–Crippen MR) is 98.2 cm³/mol. The number of alkyl halides is 3. The molecule has 0 aliphatic carbocycles. The van der Waals surface area contributed by atoms with Crippen LogP contribution >= 0.6 is 0 Å². The van der Waals surface area contributed by atoms with Crippen molar-refractivity contribution in [3.05, 3.63) is 75.6 Å². The van der Waals surface area contributed by atoms with Crippen LogP contribution in [-0.2, 0) is 13.0 Å². The van der Waals surface area contributed by atoms with Crippen LogP contribution in [0.4, 0.5) is 13.2 Å². The molecule has 9 heteroatoms. The maximum absolute atomic E-state index is 12.5. The molecule has 0 aliphatic rings. The van der Waals surface area contributed by atoms with Crippen molar-refractivity contribution in [2.75, 3.05) is 6.61 Å². The average Bonchev–Trinajstić information content (AvgIpc) is 2.63. The topological polar surface area (TPSA) is 88.8 Å². The molecule has 29 heavy (non-hydrogen) atoms. The van der Waals surface area contributed by atoms with E-state index in [1.165, 1.54) is 35.0 Å². The molecule has 3 aromatic rings. The molecular formula is C20H16F3NO5. The molecule has 0 unspecified atom stereocenters. The van der Waals surface area contributed by atoms with Crippen molar-refractivity contribution in [3.8, 4) is 5.75 Å². The summed E-state index contributed by atoms with van der Waals surface area (Å²) in [5.74, 6) is -1.74. The van der Waals surface area contributed by atoms with Crippen molar-refractivity contribution in [1.82, 2.24) is 4.57 Å². The van der Waals surface area contributed by atoms with Gasteiger partial charge < -0.3 is 19.5 Å². The molecule has 0 bridgehead atoms. The Bertz CT molecular complexity index is 1120. The van der Waals surface area contributed by atoms with Gasteiger partial charge >= 0.3 is 12.3 Å². The number of aliphatic hydroxyl groups is 1. The standard InChI is InChI=1S/C20H16F3NO5/c21-20(22,23)29-14-3-1-2-12(9-14)8-13-4-5-17-15(10-13)18(26)16(19(27)28)11-24(17)6-7-25/h1-5,9-11,25H,6-8H2,(H,27,28). The van der Waals surface area contributed by atoms with E-state index in [-0.39, 0.29) is 30.7 Å². The summed E-state index contributed by atoms with van der Waals surface area (Å²) in [5.41, 5.74) is 0.487. The van der Waals surface area contributed by atoms with E-state index in [1.807, 2.05) is 0 Å². The van der Waals surface area contributed by atoms with Gasteiger partial charge in [0.25, 0.3) is 0 Å². The van der Waals surface area contributed by atoms with E-state index >= 15 is 0 Å². The second kappa shape index (κ2) is 7.96. The molecular weight excluding hydrogens is 391 g/mol. The number of carboxylic acids is 1. The zero-order chi connectivity index (χ0) is 21.2. The highest BCUT2D eigenvalue weighted by atomic mass is 19.4. The minimum Gasteiger partial charge on any atom is -0.477 e. The Morgan fingerprint density at radius 2 is 1.83 bits per heavy atom. The summed E-state index contributed by atoms with van der Waals surface area (Å²) in [4.78, 5) is 23.9. The Kier molecular flexibility index (Phi) is 5.60. The number of benzene rings is 2. The van der Waals surface area contributed by atoms with Gasteiger partial charge in [-0.05, 0) is 41.8 Å². The lowest BCUT2D eigenvalue weighted by atomic mass is 10.0. The molecule has 0 fully saturated rings. The van der Waals surface area contributed by atoms with Crippen LogP contribution < -0.4 is 10.2 Å². The Hall–Kier alpha value is -3.33. The van der Waals surface area contributed by atoms with E-state index in [9.17, 15) is 33.0 Å². The van der Waals surface area contributed by atoms with Gasteiger partial charge in [0.05, 0.1) is 12.1 Å². The Balaban J connectivity index is 2.02. The molecule has 152 valence electrons. The molecule has 1 heterocycles. The fraction of sp³-hybridized carbons (Fsp3) is 0.200. The van der Waals surface area contributed by atoms with Crippen LogP contribution in [0, 0.1) is 0 Å². The van der Waals surface area contributed by atoms with Crippen LogP contribution in [0.25, 0.3) is 10.9 Å². The zero-order valence-electron chi connectivity index (χ0n) is 14.9. The average molecular weight is 407 g/mol. The molecule has 0 atom stereocenters. The molecule has 0 amide bonds. The number of rotatable bonds is 6. The van der Waals surface area contributed by atoms with Crippen LogP contribution in [0.2, 0.25) is 0 Å². The van der Waals surface area contributed by atoms with Crippen molar-refractivity contribution >= 4 is 16.9 Å². The minimum atomic E-state index is -4.80. The molecule has 2 N–H and O–H groups in total. The lowest BCUT2D eigenvalue weighted by molar-refractivity contribution is -0.274. The molecule has 2 aromatic carbocycles. The lowest BCUT2D eigenvalue weighted by Crippen LogP contribution is -2.20. The van der Waals surface area contributed by atoms with Crippen LogP contribution in [0.15, 0.2) is 53.5 Å². The first kappa shape index (κ1) is 20.4. The molecule has 0 saturated carbocycles. The fourth-order valence-corrected chi connectivity index (χ4v) is 3.09. The third kappa shape index (κ3) is 4.75. The number of carbonyl (C=O) groups is 1. The van der Waals surface area contributed by atoms with E-state index in [1.54, 1.807) is 18.2 Å². The van der Waals surface area contributed by atoms with E-state index in [4.69, 9.17) is 0 Å². The SMILES string of the molecule is O=C(O)c1cn(CCO)c2ccc(Cc3cccc(OC(F)(F)F)c3)cc2c1=O. The number of hydrogen-bond acceptors (Lipinski definition) is 4. The molecule has 0 radical (unpaired) electrons. The first-order valence-electron chi connectivity index (χ1n) is 8.53. The first-order chi connectivity index (χ1) is 13.7. The van der Waals surface area contributed by atoms with Crippen LogP contribution in [0.3, 0.4) is 0 Å². The summed E-state index contributed by atoms with van der Waals surface area (Å²) in [6.45, 7) is -0.141. The maximum atomic E-state index is 12.5. The smallest absolute Gasteiger partial charge is 0.477 e. The summed E-state index contributed by atoms with van der Waals surface area (Å²) < 4.78 is 42.6. The highest BCUT2D eigenvalue weighted by Gasteiger charge is 2.31. The number of fused-ring (bicyclic) bond motifs is 1. The zero-order valence-corrected chi connectivity index (χ0v) is 14.9. The minimum absolute atomic E-state index is 0.104. The number of halogens is 3. The van der Waals surface area contributed by atoms with Crippen molar-refractivity contribution in [1.29, 1.82) is 0 Å². The van der Waals surface area contributed by atoms with Crippen molar-refractivity contribution in [2.24, 2.45) is 0 Å². The second-order valence-corrected chi connectivity index (χ2v) is 6.32. The van der Waals surface area contributed by atoms with Crippen LogP contribution in [-0.4, -0.2) is 33.7 Å². The fourth-order valence-electron chi connectivity index (χ4n) is 3.09. The second-order valence-electron chi connectivity index (χ2n) is 6.32. The summed E-state index contributed by atoms with van der Waals surface area (Å²) in [5, 5.41) is 18.6. The molecule has 3 rings (SSSR count). The largest absolute Gasteiger partial charge is 0.573 e. The normalized spacial score (nSPS) is 11.6. The monoisotopic (exact) mass is 407 g/mol. The van der Waals surface area contributed by atoms with E-state index in [2.05, 4.69) is 4.74 Å². The Labute approximate surface area is 162 Å². The first-order valence-corrected chi connectivity index (χ1v) is 8.53. The number of pyridine rings is 1. The molecule has 1 aromatic heterocycles. The molecule has 6 nitrogen and oxygen atoms in total. The van der Waals surface area contributed by atoms with E-state index < -0.39 is 23.3 Å². The quantitative estimate of drug-likeness (QED) is 0.655. The van der Waals surface area contributed by atoms with Crippen molar-refractivity contribution in [2.45, 2.75) is 19.3 Å². The lowest BCUT2D eigenvalue weighted by Gasteiger charge is -2.13. The predicted octanol–water partition coefficient (Wildman–Crippen LogP) is 3.18. The highest BCUT2D eigenvalue weighted by Crippen LogP contribution is 2.25. The number of aliphatic hydroxyl groups excluding tert-OH is 1. The van der Waals surface area contributed by atoms with Gasteiger partial charge in [-0.15, -0.1) is 13.2 Å². The highest BCUT2D eigenvalue weighted by molar-refractivity contribution is 5.92. The summed E-state index contributed by atoms with van der Waals surface area (Å²) in [6.07, 6.45) is -3.41. The number of aromatic carboxylic acids is 1. The third-order valence-corrected chi connectivity index (χ3v) is 4.26. The van der Waals surface area contributed by atoms with Gasteiger partial charge in [0.2, 0.25) is 5.43 Å². The van der Waals surface area contributed by atoms with E-state index in [0.29, 0.717) is 16.6 Å². The number of aromatic nitrogens is 1. The number of hydrogen-bond donors (Lipinski definition) is 2. The molecule has 0 spiro atoms. The van der Waals surface area contributed by atoms with Gasteiger partial charge in [0, 0.05) is 18.1 Å². The summed E-state index contributed by atoms with van der Waals surface area (Å²) in [6, 6.07) is 10.3. The van der Waals surface area contributed by atoms with Gasteiger partial charge in [-0.25, -0.2) is 4.79 Å². The van der Waals surface area contributed by atoms with Crippen molar-refractivity contribution < 1.29 is 32.9 Å².